The average Bonchev–Trinajstić information content (AvgIpc) is 2.95. The Bertz CT molecular complexity index is 815. The van der Waals surface area contributed by atoms with Crippen molar-refractivity contribution in [3.05, 3.63) is 55.6 Å². The van der Waals surface area contributed by atoms with Gasteiger partial charge in [-0.2, -0.15) is 0 Å². The monoisotopic (exact) mass is 337 g/mol. The fourth-order valence-electron chi connectivity index (χ4n) is 1.85. The number of hydrogen-bond acceptors (Lipinski definition) is 4. The predicted octanol–water partition coefficient (Wildman–Crippen LogP) is 3.30. The Hall–Kier alpha value is -1.66. The second-order valence-corrected chi connectivity index (χ2v) is 6.41. The Morgan fingerprint density at radius 2 is 2.05 bits per heavy atom. The van der Waals surface area contributed by atoms with Crippen LogP contribution < -0.4 is 5.76 Å². The lowest BCUT2D eigenvalue weighted by Gasteiger charge is -1.99. The van der Waals surface area contributed by atoms with E-state index in [0.717, 1.165) is 3.79 Å². The van der Waals surface area contributed by atoms with Crippen LogP contribution in [-0.2, 0) is 6.54 Å². The molecular weight excluding hydrogens is 330 g/mol. The van der Waals surface area contributed by atoms with Crippen LogP contribution in [0.4, 0.5) is 0 Å². The van der Waals surface area contributed by atoms with Gasteiger partial charge in [0.05, 0.1) is 20.7 Å². The van der Waals surface area contributed by atoms with E-state index in [0.29, 0.717) is 16.0 Å². The summed E-state index contributed by atoms with van der Waals surface area (Å²) < 4.78 is 7.33. The summed E-state index contributed by atoms with van der Waals surface area (Å²) in [5.41, 5.74) is 1.13. The molecule has 19 heavy (non-hydrogen) atoms. The van der Waals surface area contributed by atoms with E-state index in [2.05, 4.69) is 15.9 Å². The molecule has 0 N–H and O–H groups in total. The minimum absolute atomic E-state index is 0.0111. The predicted molar refractivity (Wildman–Crippen MR) is 76.8 cm³/mol. The van der Waals surface area contributed by atoms with Crippen molar-refractivity contribution in [3.8, 4) is 0 Å². The summed E-state index contributed by atoms with van der Waals surface area (Å²) >= 11 is 4.66. The molecule has 1 aromatic carbocycles. The summed E-state index contributed by atoms with van der Waals surface area (Å²) in [5.74, 6) is -0.616. The maximum absolute atomic E-state index is 12.1. The summed E-state index contributed by atoms with van der Waals surface area (Å²) in [6.07, 6.45) is 0. The number of hydrogen-bond donors (Lipinski definition) is 0. The van der Waals surface area contributed by atoms with E-state index in [1.165, 1.54) is 15.9 Å². The van der Waals surface area contributed by atoms with Gasteiger partial charge in [-0.3, -0.25) is 9.36 Å². The largest absolute Gasteiger partial charge is 0.420 e. The van der Waals surface area contributed by atoms with Crippen molar-refractivity contribution in [3.63, 3.8) is 0 Å². The standard InChI is InChI=1S/C13H8BrNO3S/c14-12-6-5-11(19-12)9(16)7-15-8-3-1-2-4-10(8)18-13(15)17/h1-6H,7H2. The number of aromatic nitrogens is 1. The van der Waals surface area contributed by atoms with Crippen LogP contribution in [0.25, 0.3) is 11.1 Å². The molecular formula is C13H8BrNO3S. The summed E-state index contributed by atoms with van der Waals surface area (Å²) in [6.45, 7) is -0.0111. The van der Waals surface area contributed by atoms with Gasteiger partial charge in [-0.05, 0) is 40.2 Å². The Labute approximate surface area is 120 Å². The van der Waals surface area contributed by atoms with Crippen LogP contribution in [-0.4, -0.2) is 10.4 Å². The van der Waals surface area contributed by atoms with Gasteiger partial charge >= 0.3 is 5.76 Å². The lowest BCUT2D eigenvalue weighted by atomic mass is 10.3. The molecule has 0 bridgehead atoms. The molecule has 0 unspecified atom stereocenters. The molecule has 0 spiro atoms. The molecule has 2 heterocycles. The fourth-order valence-corrected chi connectivity index (χ4v) is 3.17. The SMILES string of the molecule is O=C(Cn1c(=O)oc2ccccc21)c1ccc(Br)s1. The minimum Gasteiger partial charge on any atom is -0.408 e. The maximum atomic E-state index is 12.1. The van der Waals surface area contributed by atoms with E-state index in [1.807, 2.05) is 6.07 Å². The van der Waals surface area contributed by atoms with Crippen LogP contribution in [0.2, 0.25) is 0 Å². The molecule has 96 valence electrons. The van der Waals surface area contributed by atoms with Crippen LogP contribution >= 0.6 is 27.3 Å². The molecule has 0 saturated carbocycles. The molecule has 0 aliphatic carbocycles. The van der Waals surface area contributed by atoms with Crippen molar-refractivity contribution in [2.75, 3.05) is 0 Å². The Balaban J connectivity index is 2.00. The second-order valence-electron chi connectivity index (χ2n) is 3.95. The summed E-state index contributed by atoms with van der Waals surface area (Å²) in [6, 6.07) is 10.6. The van der Waals surface area contributed by atoms with Gasteiger partial charge in [0.15, 0.2) is 11.4 Å². The van der Waals surface area contributed by atoms with Crippen LogP contribution in [0.1, 0.15) is 9.67 Å². The van der Waals surface area contributed by atoms with Crippen LogP contribution in [0.5, 0.6) is 0 Å². The van der Waals surface area contributed by atoms with Gasteiger partial charge in [0.1, 0.15) is 0 Å². The average molecular weight is 338 g/mol. The third-order valence-electron chi connectivity index (χ3n) is 2.72. The number of oxazole rings is 1. The van der Waals surface area contributed by atoms with Crippen molar-refractivity contribution < 1.29 is 9.21 Å². The number of carbonyl (C=O) groups is 1. The highest BCUT2D eigenvalue weighted by molar-refractivity contribution is 9.11. The summed E-state index contributed by atoms with van der Waals surface area (Å²) in [4.78, 5) is 24.5. The molecule has 0 aliphatic rings. The maximum Gasteiger partial charge on any atom is 0.420 e. The number of benzene rings is 1. The third kappa shape index (κ3) is 2.29. The first-order valence-corrected chi connectivity index (χ1v) is 7.13. The lowest BCUT2D eigenvalue weighted by molar-refractivity contribution is 0.0974. The quantitative estimate of drug-likeness (QED) is 0.689. The first kappa shape index (κ1) is 12.4. The number of Topliss-reactive ketones (excluding diaryl/α,β-unsaturated/α-hetero) is 1. The van der Waals surface area contributed by atoms with Gasteiger partial charge in [0.25, 0.3) is 0 Å². The van der Waals surface area contributed by atoms with Gasteiger partial charge in [-0.15, -0.1) is 11.3 Å². The molecule has 0 saturated heterocycles. The smallest absolute Gasteiger partial charge is 0.408 e. The highest BCUT2D eigenvalue weighted by Gasteiger charge is 2.14. The molecule has 0 atom stereocenters. The zero-order valence-electron chi connectivity index (χ0n) is 9.63. The number of ketones is 1. The van der Waals surface area contributed by atoms with Crippen LogP contribution in [0, 0.1) is 0 Å². The molecule has 0 fully saturated rings. The van der Waals surface area contributed by atoms with E-state index in [-0.39, 0.29) is 12.3 Å². The zero-order chi connectivity index (χ0) is 13.4. The van der Waals surface area contributed by atoms with E-state index < -0.39 is 5.76 Å². The van der Waals surface area contributed by atoms with Crippen LogP contribution in [0.15, 0.2) is 49.4 Å². The third-order valence-corrected chi connectivity index (χ3v) is 4.39. The Morgan fingerprint density at radius 1 is 1.26 bits per heavy atom. The number of fused-ring (bicyclic) bond motifs is 1. The van der Waals surface area contributed by atoms with Crippen LogP contribution in [0.3, 0.4) is 0 Å². The number of carbonyl (C=O) groups excluding carboxylic acids is 1. The fraction of sp³-hybridized carbons (Fsp3) is 0.0769. The van der Waals surface area contributed by atoms with Crippen molar-refractivity contribution in [1.82, 2.24) is 4.57 Å². The number of thiophene rings is 1. The molecule has 0 amide bonds. The summed E-state index contributed by atoms with van der Waals surface area (Å²) in [5, 5.41) is 0. The molecule has 0 aliphatic heterocycles. The van der Waals surface area contributed by atoms with E-state index in [4.69, 9.17) is 4.42 Å². The number of para-hydroxylation sites is 2. The molecule has 6 heteroatoms. The van der Waals surface area contributed by atoms with Crippen molar-refractivity contribution in [2.24, 2.45) is 0 Å². The normalized spacial score (nSPS) is 11.0. The van der Waals surface area contributed by atoms with Crippen molar-refractivity contribution in [1.29, 1.82) is 0 Å². The van der Waals surface area contributed by atoms with E-state index in [1.54, 1.807) is 30.3 Å². The Morgan fingerprint density at radius 3 is 2.79 bits per heavy atom. The first-order valence-electron chi connectivity index (χ1n) is 5.52. The Kier molecular flexibility index (Phi) is 3.12. The van der Waals surface area contributed by atoms with Gasteiger partial charge in [-0.25, -0.2) is 4.79 Å². The summed E-state index contributed by atoms with van der Waals surface area (Å²) in [7, 11) is 0. The van der Waals surface area contributed by atoms with Crippen molar-refractivity contribution in [2.45, 2.75) is 6.54 Å². The van der Waals surface area contributed by atoms with E-state index in [9.17, 15) is 9.59 Å². The second kappa shape index (κ2) is 4.79. The van der Waals surface area contributed by atoms with Crippen molar-refractivity contribution >= 4 is 44.1 Å². The number of nitrogens with zero attached hydrogens (tertiary/aromatic N) is 1. The minimum atomic E-state index is -0.509. The van der Waals surface area contributed by atoms with Gasteiger partial charge in [0.2, 0.25) is 0 Å². The van der Waals surface area contributed by atoms with Gasteiger partial charge in [0, 0.05) is 0 Å². The van der Waals surface area contributed by atoms with Gasteiger partial charge < -0.3 is 4.42 Å². The molecule has 4 nitrogen and oxygen atoms in total. The number of rotatable bonds is 3. The molecule has 0 radical (unpaired) electrons. The van der Waals surface area contributed by atoms with Gasteiger partial charge in [-0.1, -0.05) is 12.1 Å². The zero-order valence-corrected chi connectivity index (χ0v) is 12.0. The topological polar surface area (TPSA) is 52.2 Å². The molecule has 3 rings (SSSR count). The first-order chi connectivity index (χ1) is 9.15. The molecule has 2 aromatic heterocycles. The lowest BCUT2D eigenvalue weighted by Crippen LogP contribution is -2.19. The highest BCUT2D eigenvalue weighted by Crippen LogP contribution is 2.23. The highest BCUT2D eigenvalue weighted by atomic mass is 79.9. The number of halogens is 1. The molecule has 3 aromatic rings. The van der Waals surface area contributed by atoms with E-state index >= 15 is 0 Å².